The number of aromatic nitrogens is 3. The number of carbonyl (C=O) groups is 1. The number of rotatable bonds is 2. The van der Waals surface area contributed by atoms with Crippen molar-refractivity contribution in [1.82, 2.24) is 15.2 Å². The molecule has 130 valence electrons. The van der Waals surface area contributed by atoms with Gasteiger partial charge in [0.1, 0.15) is 12.1 Å². The van der Waals surface area contributed by atoms with E-state index in [9.17, 15) is 10.1 Å². The molecule has 7 heteroatoms. The molecule has 4 rings (SSSR count). The van der Waals surface area contributed by atoms with Gasteiger partial charge in [0.2, 0.25) is 5.95 Å². The number of benzene rings is 1. The Bertz CT molecular complexity index is 980. The van der Waals surface area contributed by atoms with Gasteiger partial charge in [-0.1, -0.05) is 24.3 Å². The summed E-state index contributed by atoms with van der Waals surface area (Å²) >= 11 is 0. The quantitative estimate of drug-likeness (QED) is 0.864. The Labute approximate surface area is 150 Å². The third-order valence-electron chi connectivity index (χ3n) is 5.03. The van der Waals surface area contributed by atoms with Crippen LogP contribution in [0.5, 0.6) is 0 Å². The van der Waals surface area contributed by atoms with Crippen LogP contribution in [0.3, 0.4) is 0 Å². The van der Waals surface area contributed by atoms with Gasteiger partial charge in [-0.05, 0) is 30.9 Å². The van der Waals surface area contributed by atoms with E-state index in [-0.39, 0.29) is 5.78 Å². The SMILES string of the molecule is Cc1ccccc1[C@H]1C(C#N)=C(N)N(c2ncn[nH]2)C2=C1C(=O)CCC2. The standard InChI is InChI=1S/C19H18N6O/c1-11-5-2-3-6-12(11)16-13(9-20)18(21)25(19-22-10-23-24-19)14-7-4-8-15(26)17(14)16/h2-3,5-6,10,16H,4,7-8,21H2,1H3,(H,22,23,24)/t16-/m0/s1. The van der Waals surface area contributed by atoms with Gasteiger partial charge in [0.15, 0.2) is 5.78 Å². The number of allylic oxidation sites excluding steroid dienone is 3. The first kappa shape index (κ1) is 16.1. The van der Waals surface area contributed by atoms with E-state index in [1.54, 1.807) is 4.90 Å². The van der Waals surface area contributed by atoms with Crippen molar-refractivity contribution < 1.29 is 4.79 Å². The molecule has 7 nitrogen and oxygen atoms in total. The fourth-order valence-electron chi connectivity index (χ4n) is 3.86. The summed E-state index contributed by atoms with van der Waals surface area (Å²) in [6.45, 7) is 1.98. The molecular formula is C19H18N6O. The first-order valence-electron chi connectivity index (χ1n) is 8.50. The molecule has 0 saturated heterocycles. The third kappa shape index (κ3) is 2.30. The van der Waals surface area contributed by atoms with Crippen LogP contribution in [-0.4, -0.2) is 21.0 Å². The Kier molecular flexibility index (Phi) is 3.81. The molecule has 0 fully saturated rings. The minimum absolute atomic E-state index is 0.0595. The highest BCUT2D eigenvalue weighted by atomic mass is 16.1. The van der Waals surface area contributed by atoms with Gasteiger partial charge in [-0.2, -0.15) is 15.3 Å². The molecule has 0 amide bonds. The average molecular weight is 346 g/mol. The molecule has 0 radical (unpaired) electrons. The van der Waals surface area contributed by atoms with Crippen molar-refractivity contribution in [1.29, 1.82) is 5.26 Å². The van der Waals surface area contributed by atoms with Gasteiger partial charge >= 0.3 is 0 Å². The van der Waals surface area contributed by atoms with Crippen molar-refractivity contribution in [2.75, 3.05) is 4.90 Å². The summed E-state index contributed by atoms with van der Waals surface area (Å²) in [5.41, 5.74) is 10.2. The number of anilines is 1. The average Bonchev–Trinajstić information content (AvgIpc) is 3.15. The molecule has 1 atom stereocenters. The molecule has 1 aromatic carbocycles. The molecule has 0 unspecified atom stereocenters. The van der Waals surface area contributed by atoms with Crippen LogP contribution in [0.2, 0.25) is 0 Å². The molecule has 2 aromatic rings. The number of ketones is 1. The highest BCUT2D eigenvalue weighted by Crippen LogP contribution is 2.46. The number of H-pyrrole nitrogens is 1. The lowest BCUT2D eigenvalue weighted by atomic mass is 9.74. The lowest BCUT2D eigenvalue weighted by Crippen LogP contribution is -2.39. The number of nitriles is 1. The van der Waals surface area contributed by atoms with Gasteiger partial charge in [-0.25, -0.2) is 5.10 Å². The maximum absolute atomic E-state index is 12.9. The Morgan fingerprint density at radius 1 is 1.35 bits per heavy atom. The van der Waals surface area contributed by atoms with Crippen molar-refractivity contribution in [3.05, 3.63) is 64.4 Å². The van der Waals surface area contributed by atoms with Crippen LogP contribution >= 0.6 is 0 Å². The van der Waals surface area contributed by atoms with Gasteiger partial charge in [-0.3, -0.25) is 9.69 Å². The number of hydrogen-bond donors (Lipinski definition) is 2. The zero-order valence-corrected chi connectivity index (χ0v) is 14.4. The zero-order valence-electron chi connectivity index (χ0n) is 14.4. The van der Waals surface area contributed by atoms with Crippen LogP contribution in [-0.2, 0) is 4.79 Å². The zero-order chi connectivity index (χ0) is 18.3. The van der Waals surface area contributed by atoms with Crippen LogP contribution < -0.4 is 10.6 Å². The Hall–Kier alpha value is -3.40. The Balaban J connectivity index is 2.00. The minimum atomic E-state index is -0.442. The summed E-state index contributed by atoms with van der Waals surface area (Å²) in [6, 6.07) is 10.0. The number of nitrogens with one attached hydrogen (secondary N) is 1. The number of carbonyl (C=O) groups excluding carboxylic acids is 1. The van der Waals surface area contributed by atoms with Crippen molar-refractivity contribution >= 4 is 11.7 Å². The molecule has 2 aliphatic rings. The van der Waals surface area contributed by atoms with E-state index in [0.29, 0.717) is 35.8 Å². The van der Waals surface area contributed by atoms with E-state index >= 15 is 0 Å². The number of hydrogen-bond acceptors (Lipinski definition) is 6. The minimum Gasteiger partial charge on any atom is -0.384 e. The lowest BCUT2D eigenvalue weighted by molar-refractivity contribution is -0.116. The highest BCUT2D eigenvalue weighted by Gasteiger charge is 2.41. The number of aryl methyl sites for hydroxylation is 1. The molecule has 3 N–H and O–H groups in total. The molecule has 1 aliphatic carbocycles. The van der Waals surface area contributed by atoms with Crippen LogP contribution in [0.15, 0.2) is 53.3 Å². The molecular weight excluding hydrogens is 328 g/mol. The van der Waals surface area contributed by atoms with Crippen molar-refractivity contribution in [3.63, 3.8) is 0 Å². The second-order valence-electron chi connectivity index (χ2n) is 6.48. The maximum Gasteiger partial charge on any atom is 0.231 e. The van der Waals surface area contributed by atoms with Gasteiger partial charge in [0.25, 0.3) is 0 Å². The molecule has 26 heavy (non-hydrogen) atoms. The van der Waals surface area contributed by atoms with Crippen LogP contribution in [0, 0.1) is 18.3 Å². The van der Waals surface area contributed by atoms with Crippen LogP contribution in [0.25, 0.3) is 0 Å². The summed E-state index contributed by atoms with van der Waals surface area (Å²) in [6.07, 6.45) is 3.30. The molecule has 0 spiro atoms. The molecule has 1 aromatic heterocycles. The number of aromatic amines is 1. The number of Topliss-reactive ketones (excluding diaryl/α,β-unsaturated/α-hetero) is 1. The smallest absolute Gasteiger partial charge is 0.231 e. The maximum atomic E-state index is 12.9. The van der Waals surface area contributed by atoms with Crippen LogP contribution in [0.4, 0.5) is 5.95 Å². The van der Waals surface area contributed by atoms with Crippen LogP contribution in [0.1, 0.15) is 36.3 Å². The Morgan fingerprint density at radius 3 is 2.85 bits per heavy atom. The van der Waals surface area contributed by atoms with E-state index in [1.165, 1.54) is 6.33 Å². The van der Waals surface area contributed by atoms with E-state index in [2.05, 4.69) is 21.3 Å². The van der Waals surface area contributed by atoms with Gasteiger partial charge in [0.05, 0.1) is 17.6 Å². The third-order valence-corrected chi connectivity index (χ3v) is 5.03. The summed E-state index contributed by atoms with van der Waals surface area (Å²) in [5.74, 6) is 0.332. The largest absolute Gasteiger partial charge is 0.384 e. The van der Waals surface area contributed by atoms with E-state index in [1.807, 2.05) is 31.2 Å². The first-order chi connectivity index (χ1) is 12.6. The molecule has 0 bridgehead atoms. The lowest BCUT2D eigenvalue weighted by Gasteiger charge is -2.38. The summed E-state index contributed by atoms with van der Waals surface area (Å²) < 4.78 is 0. The second kappa shape index (κ2) is 6.15. The first-order valence-corrected chi connectivity index (χ1v) is 8.50. The summed E-state index contributed by atoms with van der Waals surface area (Å²) in [7, 11) is 0. The fraction of sp³-hybridized carbons (Fsp3) is 0.263. The highest BCUT2D eigenvalue weighted by molar-refractivity contribution is 6.01. The molecule has 0 saturated carbocycles. The van der Waals surface area contributed by atoms with Crippen molar-refractivity contribution in [3.8, 4) is 6.07 Å². The normalized spacial score (nSPS) is 20.2. The van der Waals surface area contributed by atoms with Crippen molar-refractivity contribution in [2.24, 2.45) is 5.73 Å². The van der Waals surface area contributed by atoms with Gasteiger partial charge in [-0.15, -0.1) is 0 Å². The van der Waals surface area contributed by atoms with E-state index < -0.39 is 5.92 Å². The summed E-state index contributed by atoms with van der Waals surface area (Å²) in [5, 5.41) is 16.6. The topological polar surface area (TPSA) is 112 Å². The predicted octanol–water partition coefficient (Wildman–Crippen LogP) is 2.42. The molecule has 2 heterocycles. The second-order valence-corrected chi connectivity index (χ2v) is 6.48. The van der Waals surface area contributed by atoms with Gasteiger partial charge in [0, 0.05) is 17.7 Å². The monoisotopic (exact) mass is 346 g/mol. The van der Waals surface area contributed by atoms with E-state index in [4.69, 9.17) is 5.73 Å². The summed E-state index contributed by atoms with van der Waals surface area (Å²) in [4.78, 5) is 18.8. The number of nitrogens with zero attached hydrogens (tertiary/aromatic N) is 4. The van der Waals surface area contributed by atoms with Crippen molar-refractivity contribution in [2.45, 2.75) is 32.1 Å². The number of nitrogens with two attached hydrogens (primary N) is 1. The van der Waals surface area contributed by atoms with Gasteiger partial charge < -0.3 is 5.73 Å². The Morgan fingerprint density at radius 2 is 2.15 bits per heavy atom. The van der Waals surface area contributed by atoms with E-state index in [0.717, 1.165) is 23.2 Å². The fourth-order valence-corrected chi connectivity index (χ4v) is 3.86. The predicted molar refractivity (Wildman–Crippen MR) is 95.5 cm³/mol. The molecule has 1 aliphatic heterocycles.